The van der Waals surface area contributed by atoms with Crippen molar-refractivity contribution in [2.75, 3.05) is 18.9 Å². The van der Waals surface area contributed by atoms with Gasteiger partial charge in [0, 0.05) is 17.2 Å². The Balaban J connectivity index is 2.21. The van der Waals surface area contributed by atoms with Crippen molar-refractivity contribution in [1.82, 2.24) is 5.32 Å². The van der Waals surface area contributed by atoms with Gasteiger partial charge < -0.3 is 10.1 Å². The molecule has 1 aromatic carbocycles. The number of alkyl halides is 3. The molecule has 3 nitrogen and oxygen atoms in total. The molecule has 0 aliphatic heterocycles. The molecule has 9 heteroatoms. The van der Waals surface area contributed by atoms with Crippen LogP contribution in [0, 0.1) is 11.6 Å². The molecule has 0 spiro atoms. The third-order valence-corrected chi connectivity index (χ3v) is 2.89. The summed E-state index contributed by atoms with van der Waals surface area (Å²) < 4.78 is 64.5. The zero-order valence-corrected chi connectivity index (χ0v) is 10.8. The number of hydrogen-bond acceptors (Lipinski definition) is 3. The monoisotopic (exact) mass is 315 g/mol. The van der Waals surface area contributed by atoms with Crippen LogP contribution >= 0.6 is 11.8 Å². The van der Waals surface area contributed by atoms with E-state index in [0.29, 0.717) is 4.90 Å². The predicted molar refractivity (Wildman–Crippen MR) is 62.5 cm³/mol. The van der Waals surface area contributed by atoms with E-state index in [-0.39, 0.29) is 12.3 Å². The smallest absolute Gasteiger partial charge is 0.422 e. The van der Waals surface area contributed by atoms with Crippen LogP contribution in [0.3, 0.4) is 0 Å². The molecule has 0 aliphatic carbocycles. The third-order valence-electron chi connectivity index (χ3n) is 1.90. The van der Waals surface area contributed by atoms with Crippen molar-refractivity contribution in [2.45, 2.75) is 11.1 Å². The number of benzene rings is 1. The van der Waals surface area contributed by atoms with Crippen molar-refractivity contribution >= 4 is 17.9 Å². The van der Waals surface area contributed by atoms with Gasteiger partial charge in [-0.3, -0.25) is 0 Å². The van der Waals surface area contributed by atoms with Gasteiger partial charge in [-0.2, -0.15) is 13.2 Å². The summed E-state index contributed by atoms with van der Waals surface area (Å²) in [6.45, 7) is -1.63. The quantitative estimate of drug-likeness (QED) is 0.514. The molecule has 0 aliphatic rings. The average Bonchev–Trinajstić information content (AvgIpc) is 2.35. The van der Waals surface area contributed by atoms with E-state index in [9.17, 15) is 26.7 Å². The first-order chi connectivity index (χ1) is 9.28. The Labute approximate surface area is 115 Å². The molecule has 1 amide bonds. The van der Waals surface area contributed by atoms with Crippen LogP contribution in [0.2, 0.25) is 0 Å². The van der Waals surface area contributed by atoms with E-state index in [1.165, 1.54) is 6.07 Å². The highest BCUT2D eigenvalue weighted by molar-refractivity contribution is 7.99. The van der Waals surface area contributed by atoms with E-state index < -0.39 is 30.5 Å². The molecule has 1 aromatic rings. The van der Waals surface area contributed by atoms with Crippen molar-refractivity contribution in [3.05, 3.63) is 29.8 Å². The van der Waals surface area contributed by atoms with E-state index in [2.05, 4.69) is 10.1 Å². The molecule has 0 fully saturated rings. The second kappa shape index (κ2) is 7.32. The second-order valence-electron chi connectivity index (χ2n) is 3.54. The molecule has 112 valence electrons. The molecule has 0 saturated carbocycles. The van der Waals surface area contributed by atoms with Gasteiger partial charge in [0.15, 0.2) is 18.2 Å². The van der Waals surface area contributed by atoms with Crippen molar-refractivity contribution < 1.29 is 31.5 Å². The summed E-state index contributed by atoms with van der Waals surface area (Å²) in [6, 6.07) is 3.30. The largest absolute Gasteiger partial charge is 0.440 e. The van der Waals surface area contributed by atoms with Crippen LogP contribution in [-0.4, -0.2) is 31.2 Å². The average molecular weight is 315 g/mol. The topological polar surface area (TPSA) is 38.3 Å². The van der Waals surface area contributed by atoms with Crippen molar-refractivity contribution in [2.24, 2.45) is 0 Å². The molecule has 0 aromatic heterocycles. The fourth-order valence-corrected chi connectivity index (χ4v) is 1.88. The lowest BCUT2D eigenvalue weighted by Crippen LogP contribution is -2.30. The minimum Gasteiger partial charge on any atom is -0.440 e. The molecular formula is C11H10F5NO2S. The first-order valence-corrected chi connectivity index (χ1v) is 6.32. The Morgan fingerprint density at radius 2 is 1.95 bits per heavy atom. The van der Waals surface area contributed by atoms with Crippen LogP contribution in [0.15, 0.2) is 23.1 Å². The number of halogens is 5. The molecule has 20 heavy (non-hydrogen) atoms. The first-order valence-electron chi connectivity index (χ1n) is 5.33. The standard InChI is InChI=1S/C11H10F5NO2S/c12-8-2-1-7(5-9(8)13)20-4-3-17-10(18)19-6-11(14,15)16/h1-2,5H,3-4,6H2,(H,17,18). The minimum absolute atomic E-state index is 0.0281. The van der Waals surface area contributed by atoms with Gasteiger partial charge in [0.2, 0.25) is 0 Å². The van der Waals surface area contributed by atoms with Gasteiger partial charge >= 0.3 is 12.3 Å². The molecule has 0 bridgehead atoms. The van der Waals surface area contributed by atoms with E-state index >= 15 is 0 Å². The Hall–Kier alpha value is -1.51. The van der Waals surface area contributed by atoms with Gasteiger partial charge in [-0.25, -0.2) is 13.6 Å². The number of carbonyl (C=O) groups excluding carboxylic acids is 1. The number of carbonyl (C=O) groups is 1. The highest BCUT2D eigenvalue weighted by Crippen LogP contribution is 2.19. The maximum absolute atomic E-state index is 12.8. The van der Waals surface area contributed by atoms with Gasteiger partial charge in [-0.05, 0) is 18.2 Å². The number of alkyl carbamates (subject to hydrolysis) is 1. The number of rotatable bonds is 5. The predicted octanol–water partition coefficient (Wildman–Crippen LogP) is 3.35. The zero-order valence-electron chi connectivity index (χ0n) is 9.97. The fourth-order valence-electron chi connectivity index (χ4n) is 1.09. The summed E-state index contributed by atoms with van der Waals surface area (Å²) >= 11 is 1.11. The third kappa shape index (κ3) is 6.60. The Morgan fingerprint density at radius 3 is 2.55 bits per heavy atom. The molecule has 0 atom stereocenters. The van der Waals surface area contributed by atoms with Gasteiger partial charge in [-0.1, -0.05) is 0 Å². The highest BCUT2D eigenvalue weighted by atomic mass is 32.2. The number of hydrogen-bond donors (Lipinski definition) is 1. The number of ether oxygens (including phenoxy) is 1. The molecule has 1 N–H and O–H groups in total. The lowest BCUT2D eigenvalue weighted by Gasteiger charge is -2.09. The maximum Gasteiger partial charge on any atom is 0.422 e. The zero-order chi connectivity index (χ0) is 15.2. The minimum atomic E-state index is -4.57. The van der Waals surface area contributed by atoms with E-state index in [1.807, 2.05) is 0 Å². The van der Waals surface area contributed by atoms with E-state index in [0.717, 1.165) is 23.9 Å². The fraction of sp³-hybridized carbons (Fsp3) is 0.364. The van der Waals surface area contributed by atoms with E-state index in [4.69, 9.17) is 0 Å². The molecule has 0 unspecified atom stereocenters. The number of thioether (sulfide) groups is 1. The van der Waals surface area contributed by atoms with Crippen molar-refractivity contribution in [1.29, 1.82) is 0 Å². The van der Waals surface area contributed by atoms with Crippen molar-refractivity contribution in [3.63, 3.8) is 0 Å². The number of nitrogens with one attached hydrogen (secondary N) is 1. The molecule has 0 radical (unpaired) electrons. The van der Waals surface area contributed by atoms with Crippen LogP contribution in [0.25, 0.3) is 0 Å². The Kier molecular flexibility index (Phi) is 6.05. The van der Waals surface area contributed by atoms with E-state index in [1.54, 1.807) is 0 Å². The summed E-state index contributed by atoms with van der Waals surface area (Å²) in [5, 5.41) is 2.10. The normalized spacial score (nSPS) is 11.2. The maximum atomic E-state index is 12.8. The molecule has 0 heterocycles. The summed E-state index contributed by atoms with van der Waals surface area (Å²) in [7, 11) is 0. The summed E-state index contributed by atoms with van der Waals surface area (Å²) in [4.78, 5) is 11.3. The number of amides is 1. The van der Waals surface area contributed by atoms with Crippen LogP contribution in [0.4, 0.5) is 26.7 Å². The van der Waals surface area contributed by atoms with Crippen molar-refractivity contribution in [3.8, 4) is 0 Å². The summed E-state index contributed by atoms with van der Waals surface area (Å²) in [6.07, 6.45) is -5.76. The molecule has 0 saturated heterocycles. The highest BCUT2D eigenvalue weighted by Gasteiger charge is 2.29. The van der Waals surface area contributed by atoms with Crippen LogP contribution in [0.1, 0.15) is 0 Å². The Morgan fingerprint density at radius 1 is 1.25 bits per heavy atom. The Bertz CT molecular complexity index is 467. The van der Waals surface area contributed by atoms with Crippen LogP contribution in [-0.2, 0) is 4.74 Å². The lowest BCUT2D eigenvalue weighted by molar-refractivity contribution is -0.160. The summed E-state index contributed by atoms with van der Waals surface area (Å²) in [5.41, 5.74) is 0. The first kappa shape index (κ1) is 16.5. The van der Waals surface area contributed by atoms with Gasteiger partial charge in [-0.15, -0.1) is 11.8 Å². The van der Waals surface area contributed by atoms with Gasteiger partial charge in [0.1, 0.15) is 0 Å². The molecule has 1 rings (SSSR count). The van der Waals surface area contributed by atoms with Gasteiger partial charge in [0.25, 0.3) is 0 Å². The summed E-state index contributed by atoms with van der Waals surface area (Å²) in [5.74, 6) is -1.69. The SMILES string of the molecule is O=C(NCCSc1ccc(F)c(F)c1)OCC(F)(F)F. The van der Waals surface area contributed by atoms with Crippen LogP contribution in [0.5, 0.6) is 0 Å². The van der Waals surface area contributed by atoms with Crippen LogP contribution < -0.4 is 5.32 Å². The lowest BCUT2D eigenvalue weighted by atomic mass is 10.3. The molecular weight excluding hydrogens is 305 g/mol. The van der Waals surface area contributed by atoms with Gasteiger partial charge in [0.05, 0.1) is 0 Å². The second-order valence-corrected chi connectivity index (χ2v) is 4.71.